The molecular weight excluding hydrogens is 573 g/mol. The Morgan fingerprint density at radius 3 is 2.26 bits per heavy atom. The Bertz CT molecular complexity index is 1500. The van der Waals surface area contributed by atoms with E-state index >= 15 is 0 Å². The average molecular weight is 612 g/mol. The van der Waals surface area contributed by atoms with Crippen molar-refractivity contribution in [3.8, 4) is 11.5 Å². The summed E-state index contributed by atoms with van der Waals surface area (Å²) in [5.41, 5.74) is 1.66. The minimum absolute atomic E-state index is 0.0349. The van der Waals surface area contributed by atoms with Crippen LogP contribution in [0.25, 0.3) is 0 Å². The molecule has 1 atom stereocenters. The molecule has 1 N–H and O–H groups in total. The van der Waals surface area contributed by atoms with E-state index in [9.17, 15) is 22.4 Å². The highest BCUT2D eigenvalue weighted by molar-refractivity contribution is 7.92. The topological polar surface area (TPSA) is 105 Å². The number of fused-ring (bicyclic) bond motifs is 1. The number of hydrogen-bond donors (Lipinski definition) is 1. The van der Waals surface area contributed by atoms with Crippen LogP contribution in [0.1, 0.15) is 31.9 Å². The molecule has 4 rings (SSSR count). The number of sulfonamides is 1. The van der Waals surface area contributed by atoms with Gasteiger partial charge in [0.15, 0.2) is 11.5 Å². The highest BCUT2D eigenvalue weighted by atomic mass is 32.2. The van der Waals surface area contributed by atoms with Crippen molar-refractivity contribution in [2.45, 2.75) is 39.8 Å². The highest BCUT2D eigenvalue weighted by Gasteiger charge is 2.34. The fraction of sp³-hybridized carbons (Fsp3) is 0.375. The summed E-state index contributed by atoms with van der Waals surface area (Å²) in [6.45, 7) is 5.93. The molecule has 2 amide bonds. The number of nitrogens with one attached hydrogen (secondary N) is 1. The van der Waals surface area contributed by atoms with Crippen molar-refractivity contribution in [1.29, 1.82) is 0 Å². The van der Waals surface area contributed by atoms with Gasteiger partial charge in [0.2, 0.25) is 21.8 Å². The lowest BCUT2D eigenvalue weighted by Gasteiger charge is -2.34. The van der Waals surface area contributed by atoms with Crippen LogP contribution in [-0.4, -0.2) is 63.2 Å². The number of carbonyl (C=O) groups is 2. The van der Waals surface area contributed by atoms with Crippen molar-refractivity contribution in [2.75, 3.05) is 36.4 Å². The molecule has 0 saturated carbocycles. The number of anilines is 1. The zero-order chi connectivity index (χ0) is 31.0. The molecule has 1 aliphatic heterocycles. The van der Waals surface area contributed by atoms with E-state index in [0.717, 1.165) is 9.87 Å². The van der Waals surface area contributed by atoms with Crippen LogP contribution in [0.3, 0.4) is 0 Å². The number of carbonyl (C=O) groups excluding carboxylic acids is 2. The number of benzene rings is 3. The fourth-order valence-electron chi connectivity index (χ4n) is 4.67. The molecule has 1 aliphatic rings. The zero-order valence-corrected chi connectivity index (χ0v) is 25.5. The Kier molecular flexibility index (Phi) is 10.6. The van der Waals surface area contributed by atoms with E-state index < -0.39 is 34.3 Å². The van der Waals surface area contributed by atoms with Crippen molar-refractivity contribution < 1.29 is 31.9 Å². The molecule has 3 aromatic rings. The molecule has 0 bridgehead atoms. The van der Waals surface area contributed by atoms with Gasteiger partial charge in [-0.15, -0.1) is 0 Å². The molecule has 1 unspecified atom stereocenters. The Labute approximate surface area is 252 Å². The van der Waals surface area contributed by atoms with Crippen molar-refractivity contribution in [3.05, 3.63) is 89.7 Å². The third-order valence-corrected chi connectivity index (χ3v) is 8.76. The lowest BCUT2D eigenvalue weighted by molar-refractivity contribution is -0.140. The van der Waals surface area contributed by atoms with Gasteiger partial charge in [0.25, 0.3) is 0 Å². The van der Waals surface area contributed by atoms with E-state index in [1.54, 1.807) is 24.3 Å². The quantitative estimate of drug-likeness (QED) is 0.311. The van der Waals surface area contributed by atoms with E-state index in [4.69, 9.17) is 9.47 Å². The fourth-order valence-corrected chi connectivity index (χ4v) is 5.72. The second-order valence-corrected chi connectivity index (χ2v) is 12.9. The minimum Gasteiger partial charge on any atom is -0.486 e. The SMILES string of the molecule is CCS(=O)(=O)N(CC(=O)N(Cc1ccc(F)cc1)C(Cc1ccccc1)C(=O)NCC(C)C)c1ccc2c(c1)OCCO2. The van der Waals surface area contributed by atoms with Crippen LogP contribution < -0.4 is 19.1 Å². The van der Waals surface area contributed by atoms with Crippen LogP contribution in [0.4, 0.5) is 10.1 Å². The molecule has 0 aliphatic carbocycles. The summed E-state index contributed by atoms with van der Waals surface area (Å²) in [5, 5.41) is 2.94. The van der Waals surface area contributed by atoms with Crippen LogP contribution >= 0.6 is 0 Å². The molecule has 11 heteroatoms. The van der Waals surface area contributed by atoms with Crippen LogP contribution in [0.5, 0.6) is 11.5 Å². The van der Waals surface area contributed by atoms with E-state index in [1.807, 2.05) is 44.2 Å². The summed E-state index contributed by atoms with van der Waals surface area (Å²) in [7, 11) is -3.93. The van der Waals surface area contributed by atoms with E-state index in [-0.39, 0.29) is 36.2 Å². The number of halogens is 1. The molecule has 0 spiro atoms. The Morgan fingerprint density at radius 1 is 0.930 bits per heavy atom. The van der Waals surface area contributed by atoms with Crippen LogP contribution in [-0.2, 0) is 32.6 Å². The first-order chi connectivity index (χ1) is 20.6. The summed E-state index contributed by atoms with van der Waals surface area (Å²) in [6.07, 6.45) is 0.197. The maximum Gasteiger partial charge on any atom is 0.244 e. The van der Waals surface area contributed by atoms with Crippen molar-refractivity contribution in [3.63, 3.8) is 0 Å². The summed E-state index contributed by atoms with van der Waals surface area (Å²) >= 11 is 0. The Morgan fingerprint density at radius 2 is 1.60 bits per heavy atom. The summed E-state index contributed by atoms with van der Waals surface area (Å²) in [5.74, 6) is -0.605. The molecule has 43 heavy (non-hydrogen) atoms. The first kappa shape index (κ1) is 31.8. The standard InChI is InChI=1S/C32H38FN3O6S/c1-4-43(39,40)36(27-14-15-29-30(19-27)42-17-16-41-29)22-31(37)35(21-25-10-12-26(33)13-11-25)28(32(38)34-20-23(2)3)18-24-8-6-5-7-9-24/h5-15,19,23,28H,4,16-18,20-22H2,1-3H3,(H,34,38). The van der Waals surface area contributed by atoms with Gasteiger partial charge in [0, 0.05) is 25.6 Å². The maximum absolute atomic E-state index is 14.2. The van der Waals surface area contributed by atoms with Crippen LogP contribution in [0, 0.1) is 11.7 Å². The molecule has 3 aromatic carbocycles. The van der Waals surface area contributed by atoms with Gasteiger partial charge in [-0.3, -0.25) is 13.9 Å². The summed E-state index contributed by atoms with van der Waals surface area (Å²) in [4.78, 5) is 29.3. The van der Waals surface area contributed by atoms with Crippen molar-refractivity contribution in [2.24, 2.45) is 5.92 Å². The smallest absolute Gasteiger partial charge is 0.244 e. The molecule has 0 aromatic heterocycles. The van der Waals surface area contributed by atoms with Gasteiger partial charge in [-0.25, -0.2) is 12.8 Å². The first-order valence-corrected chi connectivity index (χ1v) is 15.9. The van der Waals surface area contributed by atoms with Gasteiger partial charge in [0.1, 0.15) is 31.6 Å². The second kappa shape index (κ2) is 14.4. The molecule has 0 saturated heterocycles. The lowest BCUT2D eigenvalue weighted by atomic mass is 10.0. The summed E-state index contributed by atoms with van der Waals surface area (Å²) < 4.78 is 52.7. The van der Waals surface area contributed by atoms with Gasteiger partial charge >= 0.3 is 0 Å². The first-order valence-electron chi connectivity index (χ1n) is 14.3. The van der Waals surface area contributed by atoms with Gasteiger partial charge in [0.05, 0.1) is 11.4 Å². The number of ether oxygens (including phenoxy) is 2. The summed E-state index contributed by atoms with van der Waals surface area (Å²) in [6, 6.07) is 18.7. The predicted molar refractivity (Wildman–Crippen MR) is 163 cm³/mol. The molecular formula is C32H38FN3O6S. The van der Waals surface area contributed by atoms with E-state index in [0.29, 0.717) is 36.8 Å². The average Bonchev–Trinajstić information content (AvgIpc) is 3.01. The third-order valence-electron chi connectivity index (χ3n) is 7.02. The Balaban J connectivity index is 1.73. The van der Waals surface area contributed by atoms with Gasteiger partial charge in [-0.2, -0.15) is 0 Å². The minimum atomic E-state index is -3.93. The van der Waals surface area contributed by atoms with Crippen molar-refractivity contribution in [1.82, 2.24) is 10.2 Å². The van der Waals surface area contributed by atoms with Crippen LogP contribution in [0.2, 0.25) is 0 Å². The normalized spacial score (nSPS) is 13.3. The largest absolute Gasteiger partial charge is 0.486 e. The third kappa shape index (κ3) is 8.47. The predicted octanol–water partition coefficient (Wildman–Crippen LogP) is 4.17. The van der Waals surface area contributed by atoms with Gasteiger partial charge in [-0.05, 0) is 48.2 Å². The van der Waals surface area contributed by atoms with Crippen molar-refractivity contribution >= 4 is 27.5 Å². The lowest BCUT2D eigenvalue weighted by Crippen LogP contribution is -2.54. The number of amides is 2. The maximum atomic E-state index is 14.2. The second-order valence-electron chi connectivity index (χ2n) is 10.7. The van der Waals surface area contributed by atoms with Gasteiger partial charge in [-0.1, -0.05) is 56.3 Å². The molecule has 0 radical (unpaired) electrons. The number of nitrogens with zero attached hydrogens (tertiary/aromatic N) is 2. The van der Waals surface area contributed by atoms with E-state index in [1.165, 1.54) is 30.0 Å². The number of hydrogen-bond acceptors (Lipinski definition) is 6. The molecule has 230 valence electrons. The Hall–Kier alpha value is -4.12. The molecule has 9 nitrogen and oxygen atoms in total. The molecule has 0 fully saturated rings. The highest BCUT2D eigenvalue weighted by Crippen LogP contribution is 2.35. The molecule has 1 heterocycles. The number of rotatable bonds is 13. The zero-order valence-electron chi connectivity index (χ0n) is 24.7. The van der Waals surface area contributed by atoms with Crippen LogP contribution in [0.15, 0.2) is 72.8 Å². The van der Waals surface area contributed by atoms with Gasteiger partial charge < -0.3 is 19.7 Å². The van der Waals surface area contributed by atoms with E-state index in [2.05, 4.69) is 5.32 Å². The monoisotopic (exact) mass is 611 g/mol.